The summed E-state index contributed by atoms with van der Waals surface area (Å²) in [7, 11) is 2.95. The summed E-state index contributed by atoms with van der Waals surface area (Å²) in [4.78, 5) is 26.1. The molecule has 2 aromatic heterocycles. The van der Waals surface area contributed by atoms with Gasteiger partial charge in [-0.1, -0.05) is 19.6 Å². The maximum absolute atomic E-state index is 16.3. The number of ketones is 1. The fraction of sp³-hybridized carbons (Fsp3) is 0.300. The number of carbonyl (C=O) groups excluding carboxylic acids is 2. The Bertz CT molecular complexity index is 1530. The number of pyridine rings is 1. The van der Waals surface area contributed by atoms with Crippen molar-refractivity contribution < 1.29 is 23.1 Å². The molecule has 0 atom stereocenters. The normalized spacial score (nSPS) is 14.9. The zero-order valence-corrected chi connectivity index (χ0v) is 22.2. The lowest BCUT2D eigenvalue weighted by molar-refractivity contribution is 0.0951. The van der Waals surface area contributed by atoms with Gasteiger partial charge in [-0.05, 0) is 79.2 Å². The number of benzene rings is 1. The van der Waals surface area contributed by atoms with Crippen molar-refractivity contribution in [1.29, 1.82) is 0 Å². The van der Waals surface area contributed by atoms with E-state index in [1.807, 2.05) is 6.92 Å². The van der Waals surface area contributed by atoms with Gasteiger partial charge in [0, 0.05) is 25.2 Å². The maximum atomic E-state index is 16.3. The Morgan fingerprint density at radius 2 is 1.97 bits per heavy atom. The van der Waals surface area contributed by atoms with E-state index in [1.54, 1.807) is 31.3 Å². The Morgan fingerprint density at radius 1 is 1.26 bits per heavy atom. The van der Waals surface area contributed by atoms with E-state index >= 15 is 4.39 Å². The van der Waals surface area contributed by atoms with Crippen molar-refractivity contribution in [2.75, 3.05) is 14.2 Å². The molecular weight excluding hydrogens is 488 g/mol. The van der Waals surface area contributed by atoms with Crippen molar-refractivity contribution in [2.24, 2.45) is 5.41 Å². The summed E-state index contributed by atoms with van der Waals surface area (Å²) >= 11 is 0. The van der Waals surface area contributed by atoms with Crippen LogP contribution in [0, 0.1) is 18.2 Å². The number of carbonyl (C=O) groups is 2. The summed E-state index contributed by atoms with van der Waals surface area (Å²) in [5.74, 6) is -1.36. The summed E-state index contributed by atoms with van der Waals surface area (Å²) in [5, 5.41) is 6.96. The number of allylic oxidation sites excluding steroid dienone is 5. The van der Waals surface area contributed by atoms with Crippen LogP contribution in [0.1, 0.15) is 65.1 Å². The van der Waals surface area contributed by atoms with Crippen LogP contribution in [-0.2, 0) is 0 Å². The van der Waals surface area contributed by atoms with Crippen LogP contribution in [0.25, 0.3) is 22.2 Å². The van der Waals surface area contributed by atoms with Gasteiger partial charge in [0.1, 0.15) is 22.8 Å². The third kappa shape index (κ3) is 5.03. The molecule has 8 heteroatoms. The molecule has 1 N–H and O–H groups in total. The molecule has 0 unspecified atom stereocenters. The van der Waals surface area contributed by atoms with Gasteiger partial charge in [-0.25, -0.2) is 13.3 Å². The molecule has 1 fully saturated rings. The highest BCUT2D eigenvalue weighted by molar-refractivity contribution is 6.06. The predicted octanol–water partition coefficient (Wildman–Crippen LogP) is 6.63. The monoisotopic (exact) mass is 519 g/mol. The number of Topliss-reactive ketones (excluding diaryl/α,β-unsaturated/α-hetero) is 1. The van der Waals surface area contributed by atoms with Gasteiger partial charge < -0.3 is 10.1 Å². The Labute approximate surface area is 220 Å². The number of amides is 1. The van der Waals surface area contributed by atoms with Crippen molar-refractivity contribution in [1.82, 2.24) is 14.9 Å². The van der Waals surface area contributed by atoms with Gasteiger partial charge >= 0.3 is 0 Å². The SMILES string of the molecule is C=CC(F)=CC=C(C)c1nn2ccc(-c3cc(C(=O)CC4(C)CC4)c(OC)cc3C)c(F)c2c1C(=O)NC. The number of hydrogen-bond acceptors (Lipinski definition) is 4. The molecule has 1 aliphatic rings. The molecule has 1 saturated carbocycles. The Balaban J connectivity index is 1.91. The van der Waals surface area contributed by atoms with E-state index in [-0.39, 0.29) is 33.5 Å². The second-order valence-corrected chi connectivity index (χ2v) is 10.0. The van der Waals surface area contributed by atoms with Gasteiger partial charge in [-0.15, -0.1) is 0 Å². The largest absolute Gasteiger partial charge is 0.496 e. The summed E-state index contributed by atoms with van der Waals surface area (Å²) in [6.07, 6.45) is 7.67. The quantitative estimate of drug-likeness (QED) is 0.254. The molecule has 2 heterocycles. The standard InChI is InChI=1S/C30H31F2N3O3/c1-7-19(31)9-8-17(2)27-25(29(37)33-5)28-26(32)20(10-13-35(28)34-27)21-15-22(24(38-6)14-18(21)3)23(36)16-30(4)11-12-30/h7-10,13-15H,1,11-12,16H2,2-6H3,(H,33,37). The summed E-state index contributed by atoms with van der Waals surface area (Å²) in [5.41, 5.74) is 2.54. The average Bonchev–Trinajstić information content (AvgIpc) is 3.49. The van der Waals surface area contributed by atoms with E-state index in [4.69, 9.17) is 4.74 Å². The molecule has 6 nitrogen and oxygen atoms in total. The van der Waals surface area contributed by atoms with Gasteiger partial charge in [0.25, 0.3) is 5.91 Å². The van der Waals surface area contributed by atoms with Crippen molar-refractivity contribution in [3.63, 3.8) is 0 Å². The second kappa shape index (κ2) is 10.4. The number of nitrogens with one attached hydrogen (secondary N) is 1. The molecule has 38 heavy (non-hydrogen) atoms. The molecule has 1 aromatic carbocycles. The minimum atomic E-state index is -0.661. The summed E-state index contributed by atoms with van der Waals surface area (Å²) < 4.78 is 36.7. The van der Waals surface area contributed by atoms with Crippen LogP contribution in [-0.4, -0.2) is 35.5 Å². The van der Waals surface area contributed by atoms with Crippen LogP contribution in [0.4, 0.5) is 8.78 Å². The van der Waals surface area contributed by atoms with Crippen LogP contribution in [0.2, 0.25) is 0 Å². The van der Waals surface area contributed by atoms with E-state index in [1.165, 1.54) is 30.8 Å². The second-order valence-electron chi connectivity index (χ2n) is 10.0. The summed E-state index contributed by atoms with van der Waals surface area (Å²) in [6.45, 7) is 8.93. The van der Waals surface area contributed by atoms with Crippen LogP contribution >= 0.6 is 0 Å². The molecular formula is C30H31F2N3O3. The molecule has 0 radical (unpaired) electrons. The van der Waals surface area contributed by atoms with E-state index < -0.39 is 17.6 Å². The van der Waals surface area contributed by atoms with Gasteiger partial charge in [-0.3, -0.25) is 9.59 Å². The topological polar surface area (TPSA) is 72.7 Å². The molecule has 0 aliphatic heterocycles. The molecule has 0 saturated heterocycles. The number of aromatic nitrogens is 2. The number of methoxy groups -OCH3 is 1. The van der Waals surface area contributed by atoms with Crippen LogP contribution in [0.5, 0.6) is 5.75 Å². The minimum Gasteiger partial charge on any atom is -0.496 e. The van der Waals surface area contributed by atoms with E-state index in [9.17, 15) is 14.0 Å². The lowest BCUT2D eigenvalue weighted by atomic mass is 9.92. The molecule has 0 bridgehead atoms. The van der Waals surface area contributed by atoms with E-state index in [0.717, 1.165) is 18.9 Å². The highest BCUT2D eigenvalue weighted by Gasteiger charge is 2.39. The van der Waals surface area contributed by atoms with Gasteiger partial charge in [0.05, 0.1) is 18.2 Å². The first kappa shape index (κ1) is 27.0. The molecule has 1 amide bonds. The predicted molar refractivity (Wildman–Crippen MR) is 145 cm³/mol. The zero-order valence-electron chi connectivity index (χ0n) is 22.2. The lowest BCUT2D eigenvalue weighted by Gasteiger charge is -2.16. The molecule has 0 spiro atoms. The van der Waals surface area contributed by atoms with Crippen molar-refractivity contribution in [2.45, 2.75) is 40.0 Å². The first-order valence-electron chi connectivity index (χ1n) is 12.4. The third-order valence-corrected chi connectivity index (χ3v) is 7.08. The Hall–Kier alpha value is -4.07. The first-order chi connectivity index (χ1) is 18.0. The maximum Gasteiger partial charge on any atom is 0.255 e. The van der Waals surface area contributed by atoms with E-state index in [2.05, 4.69) is 23.9 Å². The highest BCUT2D eigenvalue weighted by atomic mass is 19.1. The first-order valence-corrected chi connectivity index (χ1v) is 12.4. The molecule has 1 aliphatic carbocycles. The highest BCUT2D eigenvalue weighted by Crippen LogP contribution is 2.49. The third-order valence-electron chi connectivity index (χ3n) is 7.08. The molecule has 3 aromatic rings. The van der Waals surface area contributed by atoms with Gasteiger partial charge in [0.2, 0.25) is 0 Å². The molecule has 198 valence electrons. The number of rotatable bonds is 9. The summed E-state index contributed by atoms with van der Waals surface area (Å²) in [6, 6.07) is 4.96. The smallest absolute Gasteiger partial charge is 0.255 e. The fourth-order valence-corrected chi connectivity index (χ4v) is 4.51. The van der Waals surface area contributed by atoms with Crippen LogP contribution < -0.4 is 10.1 Å². The lowest BCUT2D eigenvalue weighted by Crippen LogP contribution is -2.19. The number of hydrogen-bond donors (Lipinski definition) is 1. The number of fused-ring (bicyclic) bond motifs is 1. The Kier molecular flexibility index (Phi) is 7.35. The number of halogens is 2. The van der Waals surface area contributed by atoms with Crippen molar-refractivity contribution in [3.8, 4) is 16.9 Å². The van der Waals surface area contributed by atoms with Crippen molar-refractivity contribution in [3.05, 3.63) is 83.2 Å². The average molecular weight is 520 g/mol. The van der Waals surface area contributed by atoms with Crippen LogP contribution in [0.15, 0.2) is 55.0 Å². The number of nitrogens with zero attached hydrogens (tertiary/aromatic N) is 2. The fourth-order valence-electron chi connectivity index (χ4n) is 4.51. The number of ether oxygens (including phenoxy) is 1. The van der Waals surface area contributed by atoms with Crippen LogP contribution in [0.3, 0.4) is 0 Å². The van der Waals surface area contributed by atoms with Gasteiger partial charge in [-0.2, -0.15) is 5.10 Å². The van der Waals surface area contributed by atoms with Gasteiger partial charge in [0.15, 0.2) is 11.6 Å². The van der Waals surface area contributed by atoms with Crippen molar-refractivity contribution >= 4 is 22.8 Å². The molecule has 4 rings (SSSR count). The Morgan fingerprint density at radius 3 is 2.58 bits per heavy atom. The minimum absolute atomic E-state index is 0.00285. The zero-order chi connectivity index (χ0) is 27.8. The van der Waals surface area contributed by atoms with E-state index in [0.29, 0.717) is 34.4 Å². The number of aryl methyl sites for hydroxylation is 1.